The van der Waals surface area contributed by atoms with Crippen molar-refractivity contribution in [2.75, 3.05) is 0 Å². The molecule has 0 aliphatic rings. The summed E-state index contributed by atoms with van der Waals surface area (Å²) in [7, 11) is 0. The van der Waals surface area contributed by atoms with Crippen LogP contribution < -0.4 is 0 Å². The van der Waals surface area contributed by atoms with E-state index in [1.54, 1.807) is 12.1 Å². The molecule has 2 nitrogen and oxygen atoms in total. The highest BCUT2D eigenvalue weighted by molar-refractivity contribution is 5.90. The Labute approximate surface area is 107 Å². The van der Waals surface area contributed by atoms with Crippen LogP contribution in [0.5, 0.6) is 0 Å². The standard InChI is InChI=1S/C16H16O2/c1-10-6-11(2)8-14(7-10)15-9-13(16(17)18)5-4-12(15)3/h4-9H,1-3H3,(H,17,18). The minimum Gasteiger partial charge on any atom is -0.478 e. The maximum Gasteiger partial charge on any atom is 0.335 e. The maximum atomic E-state index is 11.0. The first-order valence-electron chi connectivity index (χ1n) is 5.90. The fourth-order valence-electron chi connectivity index (χ4n) is 2.20. The van der Waals surface area contributed by atoms with Crippen LogP contribution in [0.1, 0.15) is 27.0 Å². The number of hydrogen-bond acceptors (Lipinski definition) is 1. The van der Waals surface area contributed by atoms with E-state index < -0.39 is 5.97 Å². The third-order valence-corrected chi connectivity index (χ3v) is 3.02. The number of carbonyl (C=O) groups is 1. The van der Waals surface area contributed by atoms with E-state index in [0.29, 0.717) is 5.56 Å². The highest BCUT2D eigenvalue weighted by atomic mass is 16.4. The van der Waals surface area contributed by atoms with E-state index in [2.05, 4.69) is 18.2 Å². The summed E-state index contributed by atoms with van der Waals surface area (Å²) < 4.78 is 0. The van der Waals surface area contributed by atoms with Gasteiger partial charge in [-0.25, -0.2) is 4.79 Å². The topological polar surface area (TPSA) is 37.3 Å². The van der Waals surface area contributed by atoms with Crippen molar-refractivity contribution < 1.29 is 9.90 Å². The van der Waals surface area contributed by atoms with Crippen molar-refractivity contribution in [1.82, 2.24) is 0 Å². The summed E-state index contributed by atoms with van der Waals surface area (Å²) in [6.45, 7) is 6.10. The van der Waals surface area contributed by atoms with Crippen LogP contribution in [0.4, 0.5) is 0 Å². The van der Waals surface area contributed by atoms with Gasteiger partial charge in [-0.2, -0.15) is 0 Å². The summed E-state index contributed by atoms with van der Waals surface area (Å²) in [6.07, 6.45) is 0. The zero-order chi connectivity index (χ0) is 13.3. The van der Waals surface area contributed by atoms with Crippen molar-refractivity contribution in [3.05, 3.63) is 58.7 Å². The van der Waals surface area contributed by atoms with Gasteiger partial charge in [0, 0.05) is 0 Å². The molecule has 92 valence electrons. The lowest BCUT2D eigenvalue weighted by molar-refractivity contribution is 0.0697. The van der Waals surface area contributed by atoms with E-state index >= 15 is 0 Å². The quantitative estimate of drug-likeness (QED) is 0.862. The van der Waals surface area contributed by atoms with Gasteiger partial charge >= 0.3 is 5.97 Å². The van der Waals surface area contributed by atoms with Gasteiger partial charge in [0.15, 0.2) is 0 Å². The lowest BCUT2D eigenvalue weighted by Crippen LogP contribution is -1.97. The number of hydrogen-bond donors (Lipinski definition) is 1. The van der Waals surface area contributed by atoms with Gasteiger partial charge in [-0.15, -0.1) is 0 Å². The Morgan fingerprint density at radius 2 is 1.56 bits per heavy atom. The summed E-state index contributed by atoms with van der Waals surface area (Å²) in [5, 5.41) is 9.06. The van der Waals surface area contributed by atoms with E-state index in [-0.39, 0.29) is 0 Å². The Kier molecular flexibility index (Phi) is 3.19. The normalized spacial score (nSPS) is 10.4. The lowest BCUT2D eigenvalue weighted by atomic mass is 9.95. The first-order valence-corrected chi connectivity index (χ1v) is 5.90. The number of carboxylic acid groups (broad SMARTS) is 1. The Balaban J connectivity index is 2.62. The minimum absolute atomic E-state index is 0.328. The van der Waals surface area contributed by atoms with Crippen LogP contribution >= 0.6 is 0 Å². The molecule has 0 spiro atoms. The number of aryl methyl sites for hydroxylation is 3. The second-order valence-corrected chi connectivity index (χ2v) is 4.71. The molecule has 0 aliphatic heterocycles. The SMILES string of the molecule is Cc1cc(C)cc(-c2cc(C(=O)O)ccc2C)c1. The number of benzene rings is 2. The van der Waals surface area contributed by atoms with Crippen molar-refractivity contribution in [2.45, 2.75) is 20.8 Å². The fourth-order valence-corrected chi connectivity index (χ4v) is 2.20. The van der Waals surface area contributed by atoms with Crippen LogP contribution in [-0.4, -0.2) is 11.1 Å². The molecular weight excluding hydrogens is 224 g/mol. The largest absolute Gasteiger partial charge is 0.478 e. The van der Waals surface area contributed by atoms with Crippen LogP contribution in [0.25, 0.3) is 11.1 Å². The Hall–Kier alpha value is -2.09. The van der Waals surface area contributed by atoms with Crippen molar-refractivity contribution in [1.29, 1.82) is 0 Å². The van der Waals surface area contributed by atoms with Crippen molar-refractivity contribution >= 4 is 5.97 Å². The molecule has 2 aromatic carbocycles. The molecule has 2 aromatic rings. The molecule has 0 saturated carbocycles. The van der Waals surface area contributed by atoms with Gasteiger partial charge < -0.3 is 5.11 Å². The first kappa shape index (κ1) is 12.4. The Bertz CT molecular complexity index is 592. The van der Waals surface area contributed by atoms with Crippen LogP contribution in [0.15, 0.2) is 36.4 Å². The van der Waals surface area contributed by atoms with E-state index in [1.807, 2.05) is 26.8 Å². The third kappa shape index (κ3) is 2.43. The molecule has 1 N–H and O–H groups in total. The first-order chi connectivity index (χ1) is 8.47. The average Bonchev–Trinajstić information content (AvgIpc) is 2.27. The van der Waals surface area contributed by atoms with Crippen LogP contribution in [0.2, 0.25) is 0 Å². The van der Waals surface area contributed by atoms with Crippen molar-refractivity contribution in [2.24, 2.45) is 0 Å². The summed E-state index contributed by atoms with van der Waals surface area (Å²) in [6, 6.07) is 11.5. The van der Waals surface area contributed by atoms with Gasteiger partial charge in [0.05, 0.1) is 5.56 Å². The number of carboxylic acids is 1. The molecule has 0 unspecified atom stereocenters. The predicted molar refractivity (Wildman–Crippen MR) is 73.0 cm³/mol. The molecule has 0 amide bonds. The molecule has 0 saturated heterocycles. The zero-order valence-electron chi connectivity index (χ0n) is 10.8. The fraction of sp³-hybridized carbons (Fsp3) is 0.188. The molecule has 0 aliphatic carbocycles. The second-order valence-electron chi connectivity index (χ2n) is 4.71. The molecule has 0 fully saturated rings. The van der Waals surface area contributed by atoms with Crippen LogP contribution in [0.3, 0.4) is 0 Å². The van der Waals surface area contributed by atoms with Gasteiger partial charge in [0.2, 0.25) is 0 Å². The van der Waals surface area contributed by atoms with Gasteiger partial charge in [0.1, 0.15) is 0 Å². The lowest BCUT2D eigenvalue weighted by Gasteiger charge is -2.09. The van der Waals surface area contributed by atoms with Gasteiger partial charge in [-0.1, -0.05) is 35.4 Å². The maximum absolute atomic E-state index is 11.0. The predicted octanol–water partition coefficient (Wildman–Crippen LogP) is 3.98. The summed E-state index contributed by atoms with van der Waals surface area (Å²) in [5.74, 6) is -0.888. The molecule has 0 bridgehead atoms. The molecule has 2 rings (SSSR count). The minimum atomic E-state index is -0.888. The molecule has 18 heavy (non-hydrogen) atoms. The van der Waals surface area contributed by atoms with E-state index in [9.17, 15) is 4.79 Å². The number of aromatic carboxylic acids is 1. The second kappa shape index (κ2) is 4.65. The van der Waals surface area contributed by atoms with Crippen molar-refractivity contribution in [3.8, 4) is 11.1 Å². The Morgan fingerprint density at radius 3 is 2.11 bits per heavy atom. The molecule has 2 heteroatoms. The smallest absolute Gasteiger partial charge is 0.335 e. The highest BCUT2D eigenvalue weighted by Crippen LogP contribution is 2.26. The average molecular weight is 240 g/mol. The van der Waals surface area contributed by atoms with Crippen molar-refractivity contribution in [3.63, 3.8) is 0 Å². The number of rotatable bonds is 2. The van der Waals surface area contributed by atoms with Crippen LogP contribution in [-0.2, 0) is 0 Å². The highest BCUT2D eigenvalue weighted by Gasteiger charge is 2.08. The Morgan fingerprint density at radius 1 is 0.944 bits per heavy atom. The molecular formula is C16H16O2. The zero-order valence-corrected chi connectivity index (χ0v) is 10.8. The molecule has 0 radical (unpaired) electrons. The molecule has 0 atom stereocenters. The molecule has 0 heterocycles. The molecule has 0 aromatic heterocycles. The van der Waals surface area contributed by atoms with E-state index in [4.69, 9.17) is 5.11 Å². The summed E-state index contributed by atoms with van der Waals surface area (Å²) in [4.78, 5) is 11.0. The van der Waals surface area contributed by atoms with Crippen LogP contribution in [0, 0.1) is 20.8 Å². The van der Waals surface area contributed by atoms with Gasteiger partial charge in [0.25, 0.3) is 0 Å². The summed E-state index contributed by atoms with van der Waals surface area (Å²) in [5.41, 5.74) is 5.85. The van der Waals surface area contributed by atoms with Gasteiger partial charge in [-0.3, -0.25) is 0 Å². The summed E-state index contributed by atoms with van der Waals surface area (Å²) >= 11 is 0. The van der Waals surface area contributed by atoms with Gasteiger partial charge in [-0.05, 0) is 49.6 Å². The third-order valence-electron chi connectivity index (χ3n) is 3.02. The monoisotopic (exact) mass is 240 g/mol. The van der Waals surface area contributed by atoms with E-state index in [1.165, 1.54) is 11.1 Å². The van der Waals surface area contributed by atoms with E-state index in [0.717, 1.165) is 16.7 Å².